The van der Waals surface area contributed by atoms with Gasteiger partial charge in [0.15, 0.2) is 0 Å². The number of nitrogens with zero attached hydrogens (tertiary/aromatic N) is 1. The fourth-order valence-electron chi connectivity index (χ4n) is 9.18. The largest absolute Gasteiger partial charge is 0.309 e. The monoisotopic (exact) mass is 721 g/mol. The summed E-state index contributed by atoms with van der Waals surface area (Å²) in [6.07, 6.45) is 1.15. The zero-order valence-corrected chi connectivity index (χ0v) is 31.8. The molecule has 0 aliphatic heterocycles. The Morgan fingerprint density at radius 2 is 1.09 bits per heavy atom. The molecule has 11 rings (SSSR count). The van der Waals surface area contributed by atoms with Gasteiger partial charge < -0.3 is 4.57 Å². The molecule has 8 aromatic carbocycles. The lowest BCUT2D eigenvalue weighted by atomic mass is 9.86. The van der Waals surface area contributed by atoms with Crippen LogP contribution >= 0.6 is 11.3 Å². The summed E-state index contributed by atoms with van der Waals surface area (Å²) in [6.45, 7) is 4.61. The lowest BCUT2D eigenvalue weighted by Gasteiger charge is -2.17. The van der Waals surface area contributed by atoms with Crippen molar-refractivity contribution in [2.75, 3.05) is 0 Å². The van der Waals surface area contributed by atoms with Gasteiger partial charge in [0.2, 0.25) is 0 Å². The van der Waals surface area contributed by atoms with Crippen molar-refractivity contribution >= 4 is 53.3 Å². The molecule has 2 heteroatoms. The van der Waals surface area contributed by atoms with Crippen LogP contribution in [-0.2, 0) is 0 Å². The van der Waals surface area contributed by atoms with Crippen molar-refractivity contribution in [3.63, 3.8) is 0 Å². The second-order valence-corrected chi connectivity index (χ2v) is 16.3. The van der Waals surface area contributed by atoms with Gasteiger partial charge in [-0.2, -0.15) is 0 Å². The van der Waals surface area contributed by atoms with Crippen LogP contribution in [-0.4, -0.2) is 4.57 Å². The molecular weight excluding hydrogens is 683 g/mol. The number of para-hydroxylation sites is 2. The van der Waals surface area contributed by atoms with E-state index in [1.54, 1.807) is 0 Å². The molecule has 0 saturated heterocycles. The number of fused-ring (bicyclic) bond motifs is 9. The number of benzene rings is 8. The minimum Gasteiger partial charge on any atom is -0.309 e. The highest BCUT2D eigenvalue weighted by Crippen LogP contribution is 2.50. The number of hydrogen-bond donors (Lipinski definition) is 0. The molecule has 0 N–H and O–H groups in total. The van der Waals surface area contributed by atoms with Gasteiger partial charge in [0, 0.05) is 42.6 Å². The average Bonchev–Trinajstić information content (AvgIpc) is 3.90. The Balaban J connectivity index is 0.992. The van der Waals surface area contributed by atoms with E-state index in [9.17, 15) is 0 Å². The molecule has 2 aromatic heterocycles. The zero-order valence-electron chi connectivity index (χ0n) is 31.0. The highest BCUT2D eigenvalue weighted by Gasteiger charge is 2.30. The van der Waals surface area contributed by atoms with Gasteiger partial charge in [-0.05, 0) is 123 Å². The number of rotatable bonds is 6. The maximum atomic E-state index is 2.45. The maximum absolute atomic E-state index is 2.45. The molecule has 55 heavy (non-hydrogen) atoms. The van der Waals surface area contributed by atoms with E-state index in [0.29, 0.717) is 5.92 Å². The van der Waals surface area contributed by atoms with Gasteiger partial charge in [0.25, 0.3) is 0 Å². The van der Waals surface area contributed by atoms with Crippen LogP contribution in [0.1, 0.15) is 54.4 Å². The first kappa shape index (κ1) is 32.2. The van der Waals surface area contributed by atoms with Crippen molar-refractivity contribution < 1.29 is 0 Å². The van der Waals surface area contributed by atoms with Crippen molar-refractivity contribution in [2.24, 2.45) is 0 Å². The van der Waals surface area contributed by atoms with Crippen LogP contribution in [0.4, 0.5) is 0 Å². The minimum atomic E-state index is 0.249. The number of thiophene rings is 1. The molecule has 2 atom stereocenters. The standard InChI is InChI=1S/C53H39NS/c1-3-33(2)34-12-10-14-39(28-34)53-44-19-5-4-16-41(44)46-30-36(22-25-45(46)53)38-24-27-52-48(32-38)47-31-37(23-26-51(47)55-52)35-13-11-15-40(29-35)54-49-20-8-6-17-42(49)43-18-7-9-21-50(43)54/h4-33,53H,3H2,1-2H3. The van der Waals surface area contributed by atoms with Gasteiger partial charge in [0.1, 0.15) is 0 Å². The lowest BCUT2D eigenvalue weighted by Crippen LogP contribution is -2.01. The third kappa shape index (κ3) is 5.13. The average molecular weight is 722 g/mol. The van der Waals surface area contributed by atoms with Crippen molar-refractivity contribution in [3.8, 4) is 39.1 Å². The summed E-state index contributed by atoms with van der Waals surface area (Å²) < 4.78 is 5.04. The lowest BCUT2D eigenvalue weighted by molar-refractivity contribution is 0.731. The minimum absolute atomic E-state index is 0.249. The first-order valence-electron chi connectivity index (χ1n) is 19.5. The number of hydrogen-bond acceptors (Lipinski definition) is 1. The smallest absolute Gasteiger partial charge is 0.0541 e. The molecule has 0 fully saturated rings. The predicted molar refractivity (Wildman–Crippen MR) is 236 cm³/mol. The van der Waals surface area contributed by atoms with Crippen molar-refractivity contribution in [2.45, 2.75) is 32.1 Å². The molecule has 0 spiro atoms. The molecule has 10 aromatic rings. The summed E-state index contributed by atoms with van der Waals surface area (Å²) in [5, 5.41) is 5.20. The topological polar surface area (TPSA) is 4.93 Å². The third-order valence-electron chi connectivity index (χ3n) is 12.2. The van der Waals surface area contributed by atoms with Gasteiger partial charge in [-0.15, -0.1) is 11.3 Å². The van der Waals surface area contributed by atoms with Crippen molar-refractivity contribution in [1.82, 2.24) is 4.57 Å². The molecule has 2 unspecified atom stereocenters. The highest BCUT2D eigenvalue weighted by molar-refractivity contribution is 7.25. The molecular formula is C53H39NS. The quantitative estimate of drug-likeness (QED) is 0.161. The summed E-state index contributed by atoms with van der Waals surface area (Å²) >= 11 is 1.88. The fraction of sp³-hybridized carbons (Fsp3) is 0.0943. The van der Waals surface area contributed by atoms with Crippen LogP contribution in [0, 0.1) is 0 Å². The Kier molecular flexibility index (Phi) is 7.44. The van der Waals surface area contributed by atoms with E-state index in [1.807, 2.05) is 11.3 Å². The van der Waals surface area contributed by atoms with Crippen molar-refractivity contribution in [3.05, 3.63) is 198 Å². The van der Waals surface area contributed by atoms with Gasteiger partial charge >= 0.3 is 0 Å². The molecule has 0 radical (unpaired) electrons. The highest BCUT2D eigenvalue weighted by atomic mass is 32.1. The van der Waals surface area contributed by atoms with Gasteiger partial charge in [-0.25, -0.2) is 0 Å². The van der Waals surface area contributed by atoms with Crippen LogP contribution < -0.4 is 0 Å². The second-order valence-electron chi connectivity index (χ2n) is 15.2. The van der Waals surface area contributed by atoms with E-state index in [0.717, 1.165) is 6.42 Å². The molecule has 1 nitrogen and oxygen atoms in total. The molecule has 1 aliphatic rings. The van der Waals surface area contributed by atoms with E-state index in [2.05, 4.69) is 194 Å². The van der Waals surface area contributed by atoms with E-state index >= 15 is 0 Å². The third-order valence-corrected chi connectivity index (χ3v) is 13.3. The maximum Gasteiger partial charge on any atom is 0.0541 e. The Bertz CT molecular complexity index is 3070. The van der Waals surface area contributed by atoms with E-state index in [1.165, 1.54) is 103 Å². The summed E-state index contributed by atoms with van der Waals surface area (Å²) in [5.74, 6) is 0.800. The first-order valence-corrected chi connectivity index (χ1v) is 20.3. The SMILES string of the molecule is CCC(C)c1cccc(C2c3ccccc3-c3cc(-c4ccc5sc6ccc(-c7cccc(-n8c9ccccc9c9ccccc98)c7)cc6c5c4)ccc32)c1. The normalized spacial score (nSPS) is 14.2. The van der Waals surface area contributed by atoms with Crippen LogP contribution in [0.3, 0.4) is 0 Å². The van der Waals surface area contributed by atoms with Gasteiger partial charge in [0.05, 0.1) is 11.0 Å². The van der Waals surface area contributed by atoms with Gasteiger partial charge in [-0.3, -0.25) is 0 Å². The van der Waals surface area contributed by atoms with Crippen LogP contribution in [0.15, 0.2) is 176 Å². The molecule has 0 saturated carbocycles. The Labute approximate surface area is 325 Å². The Hall–Kier alpha value is -6.22. The van der Waals surface area contributed by atoms with E-state index < -0.39 is 0 Å². The van der Waals surface area contributed by atoms with Gasteiger partial charge in [-0.1, -0.05) is 135 Å². The van der Waals surface area contributed by atoms with Crippen molar-refractivity contribution in [1.29, 1.82) is 0 Å². The zero-order chi connectivity index (χ0) is 36.6. The molecule has 2 heterocycles. The summed E-state index contributed by atoms with van der Waals surface area (Å²) in [7, 11) is 0. The molecule has 1 aliphatic carbocycles. The molecule has 0 bridgehead atoms. The Morgan fingerprint density at radius 1 is 0.491 bits per heavy atom. The van der Waals surface area contributed by atoms with Crippen LogP contribution in [0.25, 0.3) is 81.0 Å². The summed E-state index contributed by atoms with van der Waals surface area (Å²) in [5.41, 5.74) is 17.0. The van der Waals surface area contributed by atoms with E-state index in [-0.39, 0.29) is 5.92 Å². The van der Waals surface area contributed by atoms with Crippen LogP contribution in [0.2, 0.25) is 0 Å². The first-order chi connectivity index (χ1) is 27.1. The summed E-state index contributed by atoms with van der Waals surface area (Å²) in [4.78, 5) is 0. The summed E-state index contributed by atoms with van der Waals surface area (Å²) in [6, 6.07) is 66.0. The van der Waals surface area contributed by atoms with E-state index in [4.69, 9.17) is 0 Å². The van der Waals surface area contributed by atoms with Crippen LogP contribution in [0.5, 0.6) is 0 Å². The second kappa shape index (κ2) is 12.7. The fourth-order valence-corrected chi connectivity index (χ4v) is 10.3. The number of aromatic nitrogens is 1. The Morgan fingerprint density at radius 3 is 1.82 bits per heavy atom. The predicted octanol–water partition coefficient (Wildman–Crippen LogP) is 15.2. The molecule has 262 valence electrons. The molecule has 0 amide bonds.